The van der Waals surface area contributed by atoms with Gasteiger partial charge in [-0.2, -0.15) is 0 Å². The molecule has 4 atom stereocenters. The standard InChI is InChI=1S/3C8H8F2.2C8H9F.C8H16.3C8H14.C8H10.2C6H12O2/c2*1-5-3-7(9)6(2)8(10)4-5;1-5-3-4-6(2)8(10)7(5)9;2*1-6-3-4-7(2)8(9)5-6;5*1-7-3-5-8(2)6-4-7;2*1-5-3-7-6(2)8-4-5/h3*3-4H,1-2H3;2*3-5H,1-2H3;7-8H,3-6H2,1-2H3;2*3,8H,4-6H2,1-2H3;3,5,7-8H,4,6H2,1-2H3;3-6H,1-2H3;2*5-6H,3-4H2,1-2H3. The first-order chi connectivity index (χ1) is 48.8. The van der Waals surface area contributed by atoms with Gasteiger partial charge in [0.15, 0.2) is 24.2 Å². The number of hydrogen-bond donors (Lipinski definition) is 0. The molecular formula is C92H134F8O4. The minimum Gasteiger partial charge on any atom is -0.353 e. The van der Waals surface area contributed by atoms with Crippen molar-refractivity contribution in [2.75, 3.05) is 26.4 Å². The van der Waals surface area contributed by atoms with Crippen molar-refractivity contribution in [1.29, 1.82) is 0 Å². The van der Waals surface area contributed by atoms with Gasteiger partial charge < -0.3 is 18.9 Å². The van der Waals surface area contributed by atoms with E-state index in [1.165, 1.54) is 152 Å². The maximum Gasteiger partial charge on any atom is 0.161 e. The van der Waals surface area contributed by atoms with Crippen LogP contribution in [0.5, 0.6) is 0 Å². The number of rotatable bonds is 0. The number of ether oxygens (including phenoxy) is 4. The van der Waals surface area contributed by atoms with E-state index in [0.717, 1.165) is 73.1 Å². The molecule has 582 valence electrons. The summed E-state index contributed by atoms with van der Waals surface area (Å²) < 4.78 is 121. The van der Waals surface area contributed by atoms with Gasteiger partial charge in [-0.15, -0.1) is 0 Å². The molecule has 6 aliphatic rings. The highest BCUT2D eigenvalue weighted by Gasteiger charge is 2.16. The second-order valence-corrected chi connectivity index (χ2v) is 30.5. The number of halogens is 8. The summed E-state index contributed by atoms with van der Waals surface area (Å²) in [6, 6.07) is 27.3. The van der Waals surface area contributed by atoms with E-state index in [4.69, 9.17) is 18.9 Å². The van der Waals surface area contributed by atoms with Crippen LogP contribution in [0.3, 0.4) is 0 Å². The van der Waals surface area contributed by atoms with Crippen LogP contribution >= 0.6 is 0 Å². The lowest BCUT2D eigenvalue weighted by Crippen LogP contribution is -2.27. The number of allylic oxidation sites excluding steroid dienone is 6. The van der Waals surface area contributed by atoms with Crippen molar-refractivity contribution in [1.82, 2.24) is 0 Å². The molecule has 6 aromatic carbocycles. The smallest absolute Gasteiger partial charge is 0.161 e. The Bertz CT molecular complexity index is 3110. The van der Waals surface area contributed by atoms with Crippen molar-refractivity contribution in [2.24, 2.45) is 47.3 Å². The van der Waals surface area contributed by atoms with Crippen LogP contribution in [0.1, 0.15) is 227 Å². The fraction of sp³-hybridized carbons (Fsp3) is 0.543. The van der Waals surface area contributed by atoms with Crippen molar-refractivity contribution < 1.29 is 54.1 Å². The predicted molar refractivity (Wildman–Crippen MR) is 423 cm³/mol. The minimum atomic E-state index is -0.736. The topological polar surface area (TPSA) is 36.9 Å². The van der Waals surface area contributed by atoms with Gasteiger partial charge >= 0.3 is 0 Å². The molecule has 2 heterocycles. The van der Waals surface area contributed by atoms with Gasteiger partial charge in [-0.1, -0.05) is 188 Å². The summed E-state index contributed by atoms with van der Waals surface area (Å²) in [5.41, 5.74) is 11.3. The quantitative estimate of drug-likeness (QED) is 0.112. The second kappa shape index (κ2) is 52.7. The number of hydrogen-bond acceptors (Lipinski definition) is 4. The fourth-order valence-corrected chi connectivity index (χ4v) is 10.4. The highest BCUT2D eigenvalue weighted by molar-refractivity contribution is 5.27. The maximum atomic E-state index is 12.6. The molecule has 6 aromatic rings. The van der Waals surface area contributed by atoms with E-state index in [-0.39, 0.29) is 35.3 Å². The van der Waals surface area contributed by atoms with E-state index >= 15 is 0 Å². The molecule has 4 unspecified atom stereocenters. The molecule has 0 aromatic heterocycles. The molecule has 4 nitrogen and oxygen atoms in total. The maximum absolute atomic E-state index is 12.6. The third kappa shape index (κ3) is 44.7. The monoisotopic (exact) mass is 1460 g/mol. The van der Waals surface area contributed by atoms with Crippen LogP contribution in [0.2, 0.25) is 0 Å². The van der Waals surface area contributed by atoms with Gasteiger partial charge in [-0.25, -0.2) is 35.1 Å². The summed E-state index contributed by atoms with van der Waals surface area (Å²) in [7, 11) is 0. The van der Waals surface area contributed by atoms with Crippen molar-refractivity contribution in [3.63, 3.8) is 0 Å². The molecule has 0 amide bonds. The lowest BCUT2D eigenvalue weighted by atomic mass is 9.84. The van der Waals surface area contributed by atoms with Crippen LogP contribution in [0.25, 0.3) is 0 Å². The summed E-state index contributed by atoms with van der Waals surface area (Å²) in [5, 5.41) is 0. The average molecular weight is 1460 g/mol. The first kappa shape index (κ1) is 95.8. The van der Waals surface area contributed by atoms with Gasteiger partial charge in [0.25, 0.3) is 0 Å². The van der Waals surface area contributed by atoms with Gasteiger partial charge in [0.05, 0.1) is 26.4 Å². The molecular weight excluding hydrogens is 1320 g/mol. The van der Waals surface area contributed by atoms with E-state index < -0.39 is 34.9 Å². The number of aryl methyl sites for hydroxylation is 10. The summed E-state index contributed by atoms with van der Waals surface area (Å²) >= 11 is 0. The van der Waals surface area contributed by atoms with Crippen LogP contribution in [0.4, 0.5) is 35.1 Å². The average Bonchev–Trinajstić information content (AvgIpc) is 0.874. The zero-order valence-electron chi connectivity index (χ0n) is 68.3. The highest BCUT2D eigenvalue weighted by atomic mass is 19.2. The Balaban J connectivity index is 0.000000568. The van der Waals surface area contributed by atoms with Crippen LogP contribution in [0.15, 0.2) is 133 Å². The molecule has 0 N–H and O–H groups in total. The van der Waals surface area contributed by atoms with Gasteiger partial charge in [-0.05, 0) is 279 Å². The van der Waals surface area contributed by atoms with Crippen molar-refractivity contribution in [2.45, 2.75) is 256 Å². The van der Waals surface area contributed by atoms with Crippen molar-refractivity contribution in [3.8, 4) is 0 Å². The zero-order chi connectivity index (χ0) is 78.8. The van der Waals surface area contributed by atoms with Crippen molar-refractivity contribution >= 4 is 0 Å². The van der Waals surface area contributed by atoms with Gasteiger partial charge in [0.2, 0.25) is 0 Å². The Morgan fingerprint density at radius 1 is 0.269 bits per heavy atom. The van der Waals surface area contributed by atoms with E-state index in [9.17, 15) is 35.1 Å². The molecule has 1 saturated carbocycles. The van der Waals surface area contributed by atoms with Gasteiger partial charge in [0, 0.05) is 23.0 Å². The molecule has 12 heteroatoms. The zero-order valence-corrected chi connectivity index (χ0v) is 68.3. The molecule has 2 aliphatic heterocycles. The molecule has 104 heavy (non-hydrogen) atoms. The minimum absolute atomic E-state index is 0.0196. The van der Waals surface area contributed by atoms with Crippen LogP contribution in [0, 0.1) is 177 Å². The second-order valence-electron chi connectivity index (χ2n) is 30.5. The third-order valence-electron chi connectivity index (χ3n) is 18.6. The summed E-state index contributed by atoms with van der Waals surface area (Å²) in [6.07, 6.45) is 26.2. The Hall–Kier alpha value is -6.18. The largest absolute Gasteiger partial charge is 0.353 e. The van der Waals surface area contributed by atoms with E-state index in [2.05, 4.69) is 132 Å². The first-order valence-corrected chi connectivity index (χ1v) is 38.0. The van der Waals surface area contributed by atoms with Crippen LogP contribution in [-0.2, 0) is 18.9 Å². The molecule has 0 spiro atoms. The van der Waals surface area contributed by atoms with E-state index in [0.29, 0.717) is 45.2 Å². The van der Waals surface area contributed by atoms with Crippen LogP contribution in [-0.4, -0.2) is 39.0 Å². The Morgan fingerprint density at radius 2 is 0.529 bits per heavy atom. The highest BCUT2D eigenvalue weighted by Crippen LogP contribution is 2.28. The fourth-order valence-electron chi connectivity index (χ4n) is 10.4. The Morgan fingerprint density at radius 3 is 0.750 bits per heavy atom. The lowest BCUT2D eigenvalue weighted by Gasteiger charge is -2.24. The van der Waals surface area contributed by atoms with Crippen molar-refractivity contribution in [3.05, 3.63) is 246 Å². The Kier molecular flexibility index (Phi) is 48.6. The molecule has 0 radical (unpaired) electrons. The SMILES string of the molecule is CC1=CCC(C)CC1.CC1=CCC(C)CC1.CC1C=CC(C)CC1.CC1CCC(C)CC1.CC1COC(C)OC1.CC1COC(C)OC1.Cc1cc(F)c(C)c(F)c1.Cc1cc(F)c(C)c(F)c1.Cc1ccc(C)c(F)c1.Cc1ccc(C)c(F)c1.Cc1ccc(C)c(F)c1F.Cc1ccc(C)cc1. The normalized spacial score (nSPS) is 21.9. The molecule has 3 fully saturated rings. The van der Waals surface area contributed by atoms with Gasteiger partial charge in [0.1, 0.15) is 34.9 Å². The lowest BCUT2D eigenvalue weighted by molar-refractivity contribution is -0.187. The molecule has 2 saturated heterocycles. The summed E-state index contributed by atoms with van der Waals surface area (Å²) in [4.78, 5) is 0. The summed E-state index contributed by atoms with van der Waals surface area (Å²) in [5.74, 6) is 3.15. The van der Waals surface area contributed by atoms with Crippen LogP contribution < -0.4 is 0 Å². The summed E-state index contributed by atoms with van der Waals surface area (Å²) in [6.45, 7) is 50.6. The molecule has 4 aliphatic carbocycles. The van der Waals surface area contributed by atoms with E-state index in [1.807, 2.05) is 39.8 Å². The third-order valence-corrected chi connectivity index (χ3v) is 18.6. The molecule has 0 bridgehead atoms. The van der Waals surface area contributed by atoms with E-state index in [1.54, 1.807) is 63.1 Å². The first-order valence-electron chi connectivity index (χ1n) is 38.0. The van der Waals surface area contributed by atoms with Gasteiger partial charge in [-0.3, -0.25) is 0 Å². The Labute approximate surface area is 626 Å². The predicted octanol–water partition coefficient (Wildman–Crippen LogP) is 27.9. The number of benzene rings is 6. The molecule has 12 rings (SSSR count).